The number of fused-ring (bicyclic) bond motifs is 4. The fourth-order valence-electron chi connectivity index (χ4n) is 9.57. The second-order valence-corrected chi connectivity index (χ2v) is 14.7. The highest BCUT2D eigenvalue weighted by molar-refractivity contribution is 5.92. The lowest BCUT2D eigenvalue weighted by Crippen LogP contribution is -2.62. The molecule has 8 nitrogen and oxygen atoms in total. The number of nitrogens with zero attached hydrogens (tertiary/aromatic N) is 5. The van der Waals surface area contributed by atoms with Crippen LogP contribution in [-0.2, 0) is 6.18 Å². The third-order valence-electron chi connectivity index (χ3n) is 11.7. The van der Waals surface area contributed by atoms with E-state index < -0.39 is 45.9 Å². The standard InChI is InChI=1S/C35H39F6N7O/c1-19-11-24(42)27(37)25(26(19)35(39,40)41)30-28(38)29-23(14-43-30)31(47-16-22-7-9-34(17-47,46-22)21-5-2-3-6-21)45-32(44-29)49-18-33-8-4-10-48(33)15-20(12-33)13-36/h11,13-14,21-22,46H,2-10,12,15-18,42H2,1H3/b20-13+/t22-,33-,34+/m0/s1. The van der Waals surface area contributed by atoms with Crippen LogP contribution in [0, 0.1) is 24.5 Å². The van der Waals surface area contributed by atoms with Gasteiger partial charge in [0.1, 0.15) is 23.6 Å². The zero-order chi connectivity index (χ0) is 34.3. The molecule has 0 spiro atoms. The van der Waals surface area contributed by atoms with Gasteiger partial charge in [-0.15, -0.1) is 0 Å². The van der Waals surface area contributed by atoms with Gasteiger partial charge in [0.05, 0.1) is 34.1 Å². The summed E-state index contributed by atoms with van der Waals surface area (Å²) in [5, 5.41) is 4.07. The molecule has 1 aliphatic carbocycles. The number of ether oxygens (including phenoxy) is 1. The highest BCUT2D eigenvalue weighted by atomic mass is 19.4. The van der Waals surface area contributed by atoms with Gasteiger partial charge in [-0.3, -0.25) is 9.88 Å². The normalized spacial score (nSPS) is 28.3. The van der Waals surface area contributed by atoms with Crippen molar-refractivity contribution in [2.24, 2.45) is 5.92 Å². The topological polar surface area (TPSA) is 92.4 Å². The van der Waals surface area contributed by atoms with Crippen molar-refractivity contribution in [2.45, 2.75) is 88.0 Å². The molecule has 8 rings (SSSR count). The van der Waals surface area contributed by atoms with E-state index in [4.69, 9.17) is 15.5 Å². The zero-order valence-electron chi connectivity index (χ0n) is 27.3. The molecule has 4 aliphatic heterocycles. The van der Waals surface area contributed by atoms with Gasteiger partial charge in [0.25, 0.3) is 0 Å². The summed E-state index contributed by atoms with van der Waals surface area (Å²) in [6.45, 7) is 3.72. The molecule has 2 bridgehead atoms. The minimum Gasteiger partial charge on any atom is -0.461 e. The van der Waals surface area contributed by atoms with E-state index in [2.05, 4.69) is 25.1 Å². The number of hydrogen-bond donors (Lipinski definition) is 2. The number of rotatable bonds is 6. The van der Waals surface area contributed by atoms with Gasteiger partial charge in [0, 0.05) is 37.4 Å². The molecule has 1 aromatic carbocycles. The maximum Gasteiger partial charge on any atom is 0.417 e. The molecule has 3 aromatic rings. The van der Waals surface area contributed by atoms with Crippen molar-refractivity contribution in [1.82, 2.24) is 25.2 Å². The summed E-state index contributed by atoms with van der Waals surface area (Å²) in [5.41, 5.74) is 1.30. The summed E-state index contributed by atoms with van der Waals surface area (Å²) in [6, 6.07) is 0.901. The Kier molecular flexibility index (Phi) is 7.78. The molecule has 2 aromatic heterocycles. The third-order valence-corrected chi connectivity index (χ3v) is 11.7. The van der Waals surface area contributed by atoms with E-state index in [1.807, 2.05) is 0 Å². The van der Waals surface area contributed by atoms with E-state index in [1.54, 1.807) is 0 Å². The van der Waals surface area contributed by atoms with Crippen LogP contribution in [0.4, 0.5) is 37.8 Å². The molecule has 3 atom stereocenters. The molecule has 262 valence electrons. The molecule has 0 amide bonds. The van der Waals surface area contributed by atoms with E-state index in [1.165, 1.54) is 19.0 Å². The van der Waals surface area contributed by atoms with Crippen molar-refractivity contribution in [1.29, 1.82) is 0 Å². The van der Waals surface area contributed by atoms with Crippen LogP contribution in [0.3, 0.4) is 0 Å². The minimum absolute atomic E-state index is 0.117. The molecule has 5 aliphatic rings. The van der Waals surface area contributed by atoms with Crippen LogP contribution < -0.4 is 20.7 Å². The summed E-state index contributed by atoms with van der Waals surface area (Å²) in [6.07, 6.45) is 5.56. The average molecular weight is 688 g/mol. The molecule has 14 heteroatoms. The quantitative estimate of drug-likeness (QED) is 0.215. The Bertz CT molecular complexity index is 1850. The fourth-order valence-corrected chi connectivity index (χ4v) is 9.57. The van der Waals surface area contributed by atoms with Crippen LogP contribution in [0.1, 0.15) is 68.9 Å². The van der Waals surface area contributed by atoms with Crippen LogP contribution in [0.25, 0.3) is 22.2 Å². The van der Waals surface area contributed by atoms with E-state index >= 15 is 8.78 Å². The molecule has 5 fully saturated rings. The SMILES string of the molecule is Cc1cc(N)c(F)c(-c2ncc3c(N4C[C@@H]5CC[C@](C6CCCC6)(C4)N5)nc(OC[C@@]45CCCN4C/C(=C/F)C5)nc3c2F)c1C(F)(F)F. The van der Waals surface area contributed by atoms with Gasteiger partial charge >= 0.3 is 12.2 Å². The number of nitrogens with one attached hydrogen (secondary N) is 1. The molecule has 1 saturated carbocycles. The highest BCUT2D eigenvalue weighted by Gasteiger charge is 2.51. The molecule has 3 N–H and O–H groups in total. The Morgan fingerprint density at radius 1 is 1.10 bits per heavy atom. The summed E-state index contributed by atoms with van der Waals surface area (Å²) in [7, 11) is 0. The lowest BCUT2D eigenvalue weighted by atomic mass is 9.80. The van der Waals surface area contributed by atoms with Crippen LogP contribution in [0.5, 0.6) is 6.01 Å². The number of aromatic nitrogens is 3. The van der Waals surface area contributed by atoms with E-state index in [-0.39, 0.29) is 40.7 Å². The monoisotopic (exact) mass is 687 g/mol. The van der Waals surface area contributed by atoms with Crippen LogP contribution in [0.15, 0.2) is 24.2 Å². The number of piperazine rings is 1. The summed E-state index contributed by atoms with van der Waals surface area (Å²) < 4.78 is 95.1. The summed E-state index contributed by atoms with van der Waals surface area (Å²) in [5.74, 6) is -1.79. The predicted molar refractivity (Wildman–Crippen MR) is 173 cm³/mol. The van der Waals surface area contributed by atoms with Crippen molar-refractivity contribution in [3.63, 3.8) is 0 Å². The Morgan fingerprint density at radius 2 is 1.90 bits per heavy atom. The van der Waals surface area contributed by atoms with Gasteiger partial charge in [0.2, 0.25) is 0 Å². The van der Waals surface area contributed by atoms with E-state index in [9.17, 15) is 17.6 Å². The molecule has 6 heterocycles. The first-order chi connectivity index (χ1) is 23.4. The Hall–Kier alpha value is -3.65. The van der Waals surface area contributed by atoms with Gasteiger partial charge in [-0.05, 0) is 81.5 Å². The van der Waals surface area contributed by atoms with Crippen molar-refractivity contribution in [2.75, 3.05) is 43.4 Å². The first-order valence-corrected chi connectivity index (χ1v) is 17.1. The lowest BCUT2D eigenvalue weighted by Gasteiger charge is -2.45. The summed E-state index contributed by atoms with van der Waals surface area (Å²) in [4.78, 5) is 17.6. The number of anilines is 2. The van der Waals surface area contributed by atoms with Gasteiger partial charge in [0.15, 0.2) is 11.6 Å². The molecule has 0 radical (unpaired) electrons. The molecule has 49 heavy (non-hydrogen) atoms. The van der Waals surface area contributed by atoms with Crippen molar-refractivity contribution in [3.8, 4) is 17.3 Å². The second-order valence-electron chi connectivity index (χ2n) is 14.7. The Balaban J connectivity index is 1.26. The molecule has 4 saturated heterocycles. The van der Waals surface area contributed by atoms with Crippen LogP contribution in [-0.4, -0.2) is 69.8 Å². The van der Waals surface area contributed by atoms with Crippen LogP contribution >= 0.6 is 0 Å². The van der Waals surface area contributed by atoms with Gasteiger partial charge in [-0.2, -0.15) is 23.1 Å². The van der Waals surface area contributed by atoms with Crippen LogP contribution in [0.2, 0.25) is 0 Å². The maximum atomic E-state index is 16.8. The lowest BCUT2D eigenvalue weighted by molar-refractivity contribution is -0.137. The molecule has 0 unspecified atom stereocenters. The number of nitrogens with two attached hydrogens (primary N) is 1. The number of nitrogen functional groups attached to an aromatic ring is 1. The third kappa shape index (κ3) is 5.31. The Labute approximate surface area is 280 Å². The second kappa shape index (κ2) is 11.7. The number of benzene rings is 1. The first kappa shape index (κ1) is 32.5. The van der Waals surface area contributed by atoms with Gasteiger partial charge < -0.3 is 20.7 Å². The van der Waals surface area contributed by atoms with Gasteiger partial charge in [-0.1, -0.05) is 12.8 Å². The zero-order valence-corrected chi connectivity index (χ0v) is 27.3. The number of pyridine rings is 1. The van der Waals surface area contributed by atoms with E-state index in [0.717, 1.165) is 58.1 Å². The first-order valence-electron chi connectivity index (χ1n) is 17.1. The largest absolute Gasteiger partial charge is 0.461 e. The van der Waals surface area contributed by atoms with Crippen molar-refractivity contribution in [3.05, 3.63) is 46.9 Å². The fraction of sp³-hybridized carbons (Fsp3) is 0.571. The smallest absolute Gasteiger partial charge is 0.417 e. The average Bonchev–Trinajstić information content (AvgIpc) is 3.86. The predicted octanol–water partition coefficient (Wildman–Crippen LogP) is 6.85. The number of aryl methyl sites for hydroxylation is 1. The van der Waals surface area contributed by atoms with E-state index in [0.29, 0.717) is 49.7 Å². The number of alkyl halides is 3. The number of halogens is 6. The van der Waals surface area contributed by atoms with Crippen molar-refractivity contribution < 1.29 is 31.1 Å². The number of hydrogen-bond acceptors (Lipinski definition) is 8. The molecular formula is C35H39F6N7O. The molecular weight excluding hydrogens is 648 g/mol. The highest BCUT2D eigenvalue weighted by Crippen LogP contribution is 2.47. The summed E-state index contributed by atoms with van der Waals surface area (Å²) >= 11 is 0. The van der Waals surface area contributed by atoms with Crippen molar-refractivity contribution >= 4 is 22.4 Å². The van der Waals surface area contributed by atoms with Gasteiger partial charge in [-0.25, -0.2) is 13.2 Å². The minimum atomic E-state index is -5.02. The Morgan fingerprint density at radius 3 is 2.65 bits per heavy atom. The maximum absolute atomic E-state index is 16.8.